The maximum Gasteiger partial charge on any atom is 0.251 e. The molecule has 294 valence electrons. The molecule has 1 saturated heterocycles. The van der Waals surface area contributed by atoms with E-state index in [0.29, 0.717) is 70.9 Å². The van der Waals surface area contributed by atoms with Gasteiger partial charge < -0.3 is 30.0 Å². The van der Waals surface area contributed by atoms with Crippen molar-refractivity contribution in [2.45, 2.75) is 31.8 Å². The van der Waals surface area contributed by atoms with Crippen LogP contribution in [0.15, 0.2) is 122 Å². The van der Waals surface area contributed by atoms with E-state index in [1.54, 1.807) is 53.3 Å². The first kappa shape index (κ1) is 36.0. The van der Waals surface area contributed by atoms with Crippen LogP contribution in [0.5, 0.6) is 11.5 Å². The molecule has 0 bridgehead atoms. The Morgan fingerprint density at radius 3 is 2.46 bits per heavy atom. The maximum absolute atomic E-state index is 13.9. The molecule has 1 aliphatic heterocycles. The van der Waals surface area contributed by atoms with Gasteiger partial charge in [0.2, 0.25) is 0 Å². The highest BCUT2D eigenvalue weighted by Gasteiger charge is 2.29. The maximum atomic E-state index is 13.9. The molecule has 0 radical (unpaired) electrons. The van der Waals surface area contributed by atoms with E-state index in [-0.39, 0.29) is 11.9 Å². The van der Waals surface area contributed by atoms with Crippen molar-refractivity contribution in [1.82, 2.24) is 44.4 Å². The quantitative estimate of drug-likeness (QED) is 0.147. The summed E-state index contributed by atoms with van der Waals surface area (Å²) in [6.07, 6.45) is 9.64. The molecule has 1 aliphatic carbocycles. The van der Waals surface area contributed by atoms with Gasteiger partial charge in [-0.2, -0.15) is 10.2 Å². The summed E-state index contributed by atoms with van der Waals surface area (Å²) in [7, 11) is 1.63. The molecule has 10 rings (SSSR count). The number of benzene rings is 3. The van der Waals surface area contributed by atoms with Crippen LogP contribution in [0, 0.1) is 0 Å². The third kappa shape index (κ3) is 6.81. The lowest BCUT2D eigenvalue weighted by molar-refractivity contribution is -0.0459. The second-order valence-electron chi connectivity index (χ2n) is 14.2. The van der Waals surface area contributed by atoms with E-state index < -0.39 is 6.29 Å². The third-order valence-electron chi connectivity index (χ3n) is 10.6. The predicted molar refractivity (Wildman–Crippen MR) is 218 cm³/mol. The summed E-state index contributed by atoms with van der Waals surface area (Å²) in [6, 6.07) is 28.4. The topological polar surface area (TPSA) is 171 Å². The molecular formula is C44H38N10O5. The van der Waals surface area contributed by atoms with Gasteiger partial charge in [0.15, 0.2) is 23.6 Å². The van der Waals surface area contributed by atoms with E-state index in [9.17, 15) is 4.79 Å². The fourth-order valence-electron chi connectivity index (χ4n) is 7.72. The number of nitrogens with one attached hydrogen (secondary N) is 1. The molecule has 5 aromatic heterocycles. The average Bonchev–Trinajstić information content (AvgIpc) is 4.13. The molecule has 0 spiro atoms. The van der Waals surface area contributed by atoms with Crippen LogP contribution in [0.2, 0.25) is 0 Å². The highest BCUT2D eigenvalue weighted by atomic mass is 16.7. The minimum absolute atomic E-state index is 0.204. The van der Waals surface area contributed by atoms with Crippen molar-refractivity contribution >= 4 is 22.9 Å². The molecule has 3 N–H and O–H groups in total. The highest BCUT2D eigenvalue weighted by Crippen LogP contribution is 2.38. The minimum atomic E-state index is -0.633. The Morgan fingerprint density at radius 1 is 0.881 bits per heavy atom. The fraction of sp³-hybridized carbons (Fsp3) is 0.182. The van der Waals surface area contributed by atoms with Crippen LogP contribution in [0.1, 0.15) is 51.4 Å². The van der Waals surface area contributed by atoms with E-state index >= 15 is 0 Å². The zero-order chi connectivity index (χ0) is 39.9. The minimum Gasteiger partial charge on any atom is -0.497 e. The van der Waals surface area contributed by atoms with E-state index in [1.807, 2.05) is 77.6 Å². The Kier molecular flexibility index (Phi) is 9.27. The Balaban J connectivity index is 0.973. The summed E-state index contributed by atoms with van der Waals surface area (Å²) in [6.45, 7) is 1.24. The first-order valence-corrected chi connectivity index (χ1v) is 19.2. The number of anilines is 1. The number of nitrogens with two attached hydrogens (primary N) is 1. The number of ether oxygens (including phenoxy) is 4. The second kappa shape index (κ2) is 15.2. The van der Waals surface area contributed by atoms with Gasteiger partial charge in [-0.05, 0) is 96.3 Å². The largest absolute Gasteiger partial charge is 0.497 e. The van der Waals surface area contributed by atoms with Gasteiger partial charge in [0.25, 0.3) is 5.91 Å². The van der Waals surface area contributed by atoms with Crippen molar-refractivity contribution in [3.63, 3.8) is 0 Å². The SMILES string of the molecule is COc1ccc(COc2ccc(C(=O)N[C@H]3CCc4cc(-n5c(-c6cccnc6N)nc6c(-n7cccn7)cc(-n7cccn7)nc65)ccc43)cc2C2OCCO2)cc1. The van der Waals surface area contributed by atoms with Crippen LogP contribution >= 0.6 is 0 Å². The lowest BCUT2D eigenvalue weighted by Gasteiger charge is -2.19. The number of carbonyl (C=O) groups excluding carboxylic acids is 1. The van der Waals surface area contributed by atoms with Crippen LogP contribution < -0.4 is 20.5 Å². The van der Waals surface area contributed by atoms with E-state index in [4.69, 9.17) is 34.6 Å². The smallest absolute Gasteiger partial charge is 0.251 e. The highest BCUT2D eigenvalue weighted by molar-refractivity contribution is 5.95. The molecule has 3 aromatic carbocycles. The second-order valence-corrected chi connectivity index (χ2v) is 14.2. The number of imidazole rings is 1. The van der Waals surface area contributed by atoms with Gasteiger partial charge in [0.1, 0.15) is 29.4 Å². The number of amides is 1. The lowest BCUT2D eigenvalue weighted by atomic mass is 10.1. The number of nitrogen functional groups attached to an aromatic ring is 1. The standard InChI is InChI=1S/C44H38N10O5/c1-56-31-11-6-27(7-12-31)26-59-37-15-9-29(24-34(37)44-57-21-22-58-44)43(55)49-35-14-8-28-23-30(10-13-32(28)35)54-41(33-5-2-16-46-40(33)45)51-39-36(52-19-3-17-47-52)25-38(50-42(39)54)53-20-4-18-48-53/h2-7,9-13,15-20,23-25,35,44H,8,14,21-22,26H2,1H3,(H2,45,46)(H,49,55)/t35-/m0/s1. The predicted octanol–water partition coefficient (Wildman–Crippen LogP) is 6.49. The van der Waals surface area contributed by atoms with Crippen LogP contribution in [0.25, 0.3) is 39.7 Å². The summed E-state index contributed by atoms with van der Waals surface area (Å²) in [4.78, 5) is 28.6. The summed E-state index contributed by atoms with van der Waals surface area (Å²) in [5.41, 5.74) is 14.2. The van der Waals surface area contributed by atoms with Gasteiger partial charge >= 0.3 is 0 Å². The Hall–Kier alpha value is -7.36. The number of fused-ring (bicyclic) bond motifs is 2. The number of methoxy groups -OCH3 is 1. The van der Waals surface area contributed by atoms with E-state index in [1.165, 1.54) is 0 Å². The summed E-state index contributed by atoms with van der Waals surface area (Å²) in [5, 5.41) is 12.3. The molecular weight excluding hydrogens is 749 g/mol. The van der Waals surface area contributed by atoms with E-state index in [0.717, 1.165) is 46.7 Å². The number of carbonyl (C=O) groups is 1. The first-order chi connectivity index (χ1) is 29.0. The molecule has 59 heavy (non-hydrogen) atoms. The fourth-order valence-corrected chi connectivity index (χ4v) is 7.72. The van der Waals surface area contributed by atoms with Crippen molar-refractivity contribution in [3.05, 3.63) is 150 Å². The molecule has 1 amide bonds. The Bertz CT molecular complexity index is 2800. The lowest BCUT2D eigenvalue weighted by Crippen LogP contribution is -2.27. The number of nitrogens with zero attached hydrogens (tertiary/aromatic N) is 8. The molecule has 2 aliphatic rings. The zero-order valence-corrected chi connectivity index (χ0v) is 31.9. The van der Waals surface area contributed by atoms with Crippen LogP contribution in [0.4, 0.5) is 5.82 Å². The number of hydrogen-bond acceptors (Lipinski definition) is 11. The van der Waals surface area contributed by atoms with Crippen LogP contribution in [-0.4, -0.2) is 65.3 Å². The normalized spacial score (nSPS) is 15.1. The van der Waals surface area contributed by atoms with Gasteiger partial charge in [-0.1, -0.05) is 18.2 Å². The van der Waals surface area contributed by atoms with E-state index in [2.05, 4.69) is 32.6 Å². The van der Waals surface area contributed by atoms with Crippen molar-refractivity contribution in [2.24, 2.45) is 0 Å². The number of hydrogen-bond donors (Lipinski definition) is 2. The molecule has 0 unspecified atom stereocenters. The molecule has 8 aromatic rings. The summed E-state index contributed by atoms with van der Waals surface area (Å²) < 4.78 is 28.7. The average molecular weight is 787 g/mol. The number of aryl methyl sites for hydroxylation is 1. The van der Waals surface area contributed by atoms with Crippen LogP contribution in [-0.2, 0) is 22.5 Å². The number of rotatable bonds is 11. The summed E-state index contributed by atoms with van der Waals surface area (Å²) in [5.74, 6) is 2.67. The summed E-state index contributed by atoms with van der Waals surface area (Å²) >= 11 is 0. The first-order valence-electron chi connectivity index (χ1n) is 19.2. The van der Waals surface area contributed by atoms with Crippen molar-refractivity contribution in [1.29, 1.82) is 0 Å². The number of aromatic nitrogens is 8. The third-order valence-corrected chi connectivity index (χ3v) is 10.6. The molecule has 0 saturated carbocycles. The molecule has 1 fully saturated rings. The van der Waals surface area contributed by atoms with Gasteiger partial charge in [-0.15, -0.1) is 0 Å². The molecule has 1 atom stereocenters. The van der Waals surface area contributed by atoms with Crippen molar-refractivity contribution in [3.8, 4) is 40.1 Å². The molecule has 6 heterocycles. The molecule has 15 heteroatoms. The number of pyridine rings is 2. The van der Waals surface area contributed by atoms with Crippen LogP contribution in [0.3, 0.4) is 0 Å². The Labute approximate surface area is 338 Å². The Morgan fingerprint density at radius 2 is 1.69 bits per heavy atom. The van der Waals surface area contributed by atoms with Gasteiger partial charge in [0, 0.05) is 48.3 Å². The van der Waals surface area contributed by atoms with Crippen molar-refractivity contribution < 1.29 is 23.7 Å². The van der Waals surface area contributed by atoms with Gasteiger partial charge in [-0.25, -0.2) is 24.3 Å². The van der Waals surface area contributed by atoms with Crippen molar-refractivity contribution in [2.75, 3.05) is 26.1 Å². The van der Waals surface area contributed by atoms with Gasteiger partial charge in [-0.3, -0.25) is 9.36 Å². The van der Waals surface area contributed by atoms with Gasteiger partial charge in [0.05, 0.1) is 43.2 Å². The zero-order valence-electron chi connectivity index (χ0n) is 31.9. The molecule has 15 nitrogen and oxygen atoms in total. The monoisotopic (exact) mass is 786 g/mol.